The van der Waals surface area contributed by atoms with Gasteiger partial charge in [-0.1, -0.05) is 29.3 Å². The highest BCUT2D eigenvalue weighted by atomic mass is 35.5. The summed E-state index contributed by atoms with van der Waals surface area (Å²) in [5, 5.41) is 0.948. The molecule has 4 nitrogen and oxygen atoms in total. The number of carbonyl (C=O) groups excluding carboxylic acids is 2. The van der Waals surface area contributed by atoms with Crippen molar-refractivity contribution in [2.75, 3.05) is 7.05 Å². The Hall–Kier alpha value is -1.26. The Kier molecular flexibility index (Phi) is 4.02. The number of nitrogens with two attached hydrogens (primary N) is 1. The van der Waals surface area contributed by atoms with Crippen LogP contribution >= 0.6 is 23.2 Å². The Bertz CT molecular complexity index is 533. The molecule has 2 amide bonds. The molecule has 2 N–H and O–H groups in total. The van der Waals surface area contributed by atoms with Crippen LogP contribution in [0.25, 0.3) is 0 Å². The van der Waals surface area contributed by atoms with Crippen LogP contribution in [0.4, 0.5) is 0 Å². The van der Waals surface area contributed by atoms with Crippen LogP contribution in [0.5, 0.6) is 0 Å². The van der Waals surface area contributed by atoms with Crippen LogP contribution in [0.15, 0.2) is 18.2 Å². The molecule has 1 saturated heterocycles. The minimum atomic E-state index is -0.554. The molecule has 1 aliphatic rings. The van der Waals surface area contributed by atoms with E-state index < -0.39 is 11.9 Å². The molecule has 0 unspecified atom stereocenters. The second-order valence-corrected chi connectivity index (χ2v) is 5.58. The zero-order chi connectivity index (χ0) is 14.2. The molecule has 1 aromatic rings. The molecule has 0 aliphatic carbocycles. The van der Waals surface area contributed by atoms with Gasteiger partial charge in [0.25, 0.3) is 0 Å². The molecule has 19 heavy (non-hydrogen) atoms. The summed E-state index contributed by atoms with van der Waals surface area (Å²) in [6, 6.07) is 4.75. The fourth-order valence-electron chi connectivity index (χ4n) is 2.53. The summed E-state index contributed by atoms with van der Waals surface area (Å²) in [5.41, 5.74) is 6.31. The number of benzene rings is 1. The van der Waals surface area contributed by atoms with E-state index in [0.717, 1.165) is 5.56 Å². The van der Waals surface area contributed by atoms with E-state index in [-0.39, 0.29) is 11.8 Å². The molecule has 1 heterocycles. The maximum Gasteiger partial charge on any atom is 0.240 e. The zero-order valence-electron chi connectivity index (χ0n) is 10.4. The number of carbonyl (C=O) groups is 2. The number of amides is 2. The first-order valence-electron chi connectivity index (χ1n) is 5.89. The van der Waals surface area contributed by atoms with E-state index in [1.54, 1.807) is 19.2 Å². The van der Waals surface area contributed by atoms with Gasteiger partial charge in [-0.05, 0) is 24.1 Å². The number of hydrogen-bond donors (Lipinski definition) is 1. The quantitative estimate of drug-likeness (QED) is 0.926. The van der Waals surface area contributed by atoms with Gasteiger partial charge in [0.15, 0.2) is 0 Å². The SMILES string of the molecule is CN1C(=O)C[C@@H](Cc2ccc(Cl)c(Cl)c2)[C@@H]1C(N)=O. The Morgan fingerprint density at radius 1 is 1.42 bits per heavy atom. The van der Waals surface area contributed by atoms with Gasteiger partial charge in [-0.15, -0.1) is 0 Å². The number of likely N-dealkylation sites (N-methyl/N-ethyl adjacent to an activating group) is 1. The third kappa shape index (κ3) is 2.85. The Labute approximate surface area is 121 Å². The third-order valence-electron chi connectivity index (χ3n) is 3.47. The third-order valence-corrected chi connectivity index (χ3v) is 4.21. The summed E-state index contributed by atoms with van der Waals surface area (Å²) in [4.78, 5) is 24.6. The number of primary amides is 1. The Balaban J connectivity index is 2.19. The van der Waals surface area contributed by atoms with Gasteiger partial charge >= 0.3 is 0 Å². The molecule has 1 aliphatic heterocycles. The first-order valence-corrected chi connectivity index (χ1v) is 6.64. The van der Waals surface area contributed by atoms with E-state index in [1.165, 1.54) is 4.90 Å². The van der Waals surface area contributed by atoms with Crippen LogP contribution in [0.1, 0.15) is 12.0 Å². The molecule has 0 bridgehead atoms. The molecule has 102 valence electrons. The minimum Gasteiger partial charge on any atom is -0.368 e. The smallest absolute Gasteiger partial charge is 0.240 e. The summed E-state index contributed by atoms with van der Waals surface area (Å²) in [5.74, 6) is -0.653. The van der Waals surface area contributed by atoms with Crippen molar-refractivity contribution in [3.63, 3.8) is 0 Å². The van der Waals surface area contributed by atoms with E-state index in [2.05, 4.69) is 0 Å². The van der Waals surface area contributed by atoms with Crippen molar-refractivity contribution < 1.29 is 9.59 Å². The fraction of sp³-hybridized carbons (Fsp3) is 0.385. The molecule has 2 rings (SSSR count). The van der Waals surface area contributed by atoms with Crippen molar-refractivity contribution in [3.8, 4) is 0 Å². The second-order valence-electron chi connectivity index (χ2n) is 4.77. The first-order chi connectivity index (χ1) is 8.90. The van der Waals surface area contributed by atoms with E-state index >= 15 is 0 Å². The summed E-state index contributed by atoms with van der Waals surface area (Å²) < 4.78 is 0. The van der Waals surface area contributed by atoms with Gasteiger partial charge in [-0.25, -0.2) is 0 Å². The van der Waals surface area contributed by atoms with Gasteiger partial charge < -0.3 is 10.6 Å². The Morgan fingerprint density at radius 3 is 2.68 bits per heavy atom. The number of halogens is 2. The van der Waals surface area contributed by atoms with Crippen LogP contribution < -0.4 is 5.73 Å². The van der Waals surface area contributed by atoms with Crippen molar-refractivity contribution in [2.45, 2.75) is 18.9 Å². The molecular formula is C13H14Cl2N2O2. The largest absolute Gasteiger partial charge is 0.368 e. The van der Waals surface area contributed by atoms with Gasteiger partial charge in [0, 0.05) is 19.4 Å². The van der Waals surface area contributed by atoms with E-state index in [4.69, 9.17) is 28.9 Å². The van der Waals surface area contributed by atoms with Gasteiger partial charge in [0.05, 0.1) is 10.0 Å². The lowest BCUT2D eigenvalue weighted by Crippen LogP contribution is -2.43. The summed E-state index contributed by atoms with van der Waals surface area (Å²) in [7, 11) is 1.60. The second kappa shape index (κ2) is 5.39. The zero-order valence-corrected chi connectivity index (χ0v) is 11.9. The standard InChI is InChI=1S/C13H14Cl2N2O2/c1-17-11(18)6-8(12(17)13(16)19)4-7-2-3-9(14)10(15)5-7/h2-3,5,8,12H,4,6H2,1H3,(H2,16,19)/t8-,12-/m1/s1. The van der Waals surface area contributed by atoms with E-state index in [9.17, 15) is 9.59 Å². The average Bonchev–Trinajstić information content (AvgIpc) is 2.59. The number of hydrogen-bond acceptors (Lipinski definition) is 2. The summed E-state index contributed by atoms with van der Waals surface area (Å²) in [6.07, 6.45) is 0.894. The molecule has 0 spiro atoms. The predicted octanol–water partition coefficient (Wildman–Crippen LogP) is 1.87. The van der Waals surface area contributed by atoms with Gasteiger partial charge in [0.1, 0.15) is 6.04 Å². The van der Waals surface area contributed by atoms with Crippen LogP contribution in [-0.4, -0.2) is 29.8 Å². The molecule has 0 saturated carbocycles. The maximum atomic E-state index is 11.7. The van der Waals surface area contributed by atoms with Gasteiger partial charge in [-0.3, -0.25) is 9.59 Å². The van der Waals surface area contributed by atoms with Crippen LogP contribution in [-0.2, 0) is 16.0 Å². The highest BCUT2D eigenvalue weighted by molar-refractivity contribution is 6.42. The van der Waals surface area contributed by atoms with Crippen molar-refractivity contribution in [1.29, 1.82) is 0 Å². The highest BCUT2D eigenvalue weighted by Gasteiger charge is 2.40. The number of nitrogens with zero attached hydrogens (tertiary/aromatic N) is 1. The highest BCUT2D eigenvalue weighted by Crippen LogP contribution is 2.30. The normalized spacial score (nSPS) is 22.9. The lowest BCUT2D eigenvalue weighted by atomic mass is 9.92. The van der Waals surface area contributed by atoms with Gasteiger partial charge in [0.2, 0.25) is 11.8 Å². The monoisotopic (exact) mass is 300 g/mol. The lowest BCUT2D eigenvalue weighted by Gasteiger charge is -2.21. The van der Waals surface area contributed by atoms with Crippen molar-refractivity contribution in [1.82, 2.24) is 4.90 Å². The fourth-order valence-corrected chi connectivity index (χ4v) is 2.85. The summed E-state index contributed by atoms with van der Waals surface area (Å²) in [6.45, 7) is 0. The van der Waals surface area contributed by atoms with E-state index in [1.807, 2.05) is 6.07 Å². The van der Waals surface area contributed by atoms with Crippen molar-refractivity contribution in [2.24, 2.45) is 11.7 Å². The average molecular weight is 301 g/mol. The molecule has 0 radical (unpaired) electrons. The molecule has 6 heteroatoms. The van der Waals surface area contributed by atoms with Gasteiger partial charge in [-0.2, -0.15) is 0 Å². The van der Waals surface area contributed by atoms with Crippen LogP contribution in [0.3, 0.4) is 0 Å². The topological polar surface area (TPSA) is 63.4 Å². The van der Waals surface area contributed by atoms with Crippen LogP contribution in [0.2, 0.25) is 10.0 Å². The number of likely N-dealkylation sites (tertiary alicyclic amines) is 1. The Morgan fingerprint density at radius 2 is 2.11 bits per heavy atom. The molecule has 1 fully saturated rings. The van der Waals surface area contributed by atoms with Crippen LogP contribution in [0, 0.1) is 5.92 Å². The minimum absolute atomic E-state index is 0.0612. The van der Waals surface area contributed by atoms with E-state index in [0.29, 0.717) is 22.9 Å². The lowest BCUT2D eigenvalue weighted by molar-refractivity contribution is -0.132. The number of rotatable bonds is 3. The summed E-state index contributed by atoms with van der Waals surface area (Å²) >= 11 is 11.8. The predicted molar refractivity (Wildman–Crippen MR) is 74.0 cm³/mol. The van der Waals surface area contributed by atoms with Crippen molar-refractivity contribution in [3.05, 3.63) is 33.8 Å². The molecule has 2 atom stereocenters. The molecular weight excluding hydrogens is 287 g/mol. The molecule has 0 aromatic heterocycles. The molecule has 1 aromatic carbocycles. The first kappa shape index (κ1) is 14.2. The van der Waals surface area contributed by atoms with Crippen molar-refractivity contribution >= 4 is 35.0 Å². The maximum absolute atomic E-state index is 11.7.